The Morgan fingerprint density at radius 2 is 1.63 bits per heavy atom. The van der Waals surface area contributed by atoms with E-state index in [1.54, 1.807) is 29.6 Å². The predicted octanol–water partition coefficient (Wildman–Crippen LogP) is 4.63. The van der Waals surface area contributed by atoms with Gasteiger partial charge in [-0.2, -0.15) is 4.31 Å². The Kier molecular flexibility index (Phi) is 6.08. The smallest absolute Gasteiger partial charge is 0.251 e. The third kappa shape index (κ3) is 4.08. The summed E-state index contributed by atoms with van der Waals surface area (Å²) >= 11 is 6.35. The van der Waals surface area contributed by atoms with Crippen molar-refractivity contribution in [2.75, 3.05) is 20.2 Å². The first-order valence-electron chi connectivity index (χ1n) is 9.77. The Morgan fingerprint density at radius 3 is 2.33 bits per heavy atom. The van der Waals surface area contributed by atoms with Crippen LogP contribution in [0.25, 0.3) is 22.9 Å². The van der Waals surface area contributed by atoms with Crippen molar-refractivity contribution in [2.45, 2.75) is 30.6 Å². The van der Waals surface area contributed by atoms with Gasteiger partial charge in [-0.15, -0.1) is 10.2 Å². The first-order valence-corrected chi connectivity index (χ1v) is 11.6. The van der Waals surface area contributed by atoms with Crippen LogP contribution in [0.2, 0.25) is 5.02 Å². The molecular weight excluding hydrogens is 426 g/mol. The largest absolute Gasteiger partial charge is 0.496 e. The summed E-state index contributed by atoms with van der Waals surface area (Å²) in [4.78, 5) is 0.167. The monoisotopic (exact) mass is 447 g/mol. The molecule has 2 aromatic carbocycles. The number of rotatable bonds is 5. The minimum atomic E-state index is -3.62. The van der Waals surface area contributed by atoms with Gasteiger partial charge in [-0.3, -0.25) is 0 Å². The van der Waals surface area contributed by atoms with E-state index >= 15 is 0 Å². The first kappa shape index (κ1) is 20.8. The lowest BCUT2D eigenvalue weighted by Crippen LogP contribution is -2.31. The molecular formula is C21H22ClN3O4S. The van der Waals surface area contributed by atoms with Crippen molar-refractivity contribution in [2.24, 2.45) is 0 Å². The first-order chi connectivity index (χ1) is 14.5. The van der Waals surface area contributed by atoms with Gasteiger partial charge in [0.25, 0.3) is 5.89 Å². The Bertz CT molecular complexity index is 1140. The molecule has 0 aliphatic carbocycles. The molecule has 1 aliphatic heterocycles. The molecule has 7 nitrogen and oxygen atoms in total. The van der Waals surface area contributed by atoms with Gasteiger partial charge in [-0.1, -0.05) is 36.6 Å². The van der Waals surface area contributed by atoms with Gasteiger partial charge in [0.1, 0.15) is 5.75 Å². The maximum Gasteiger partial charge on any atom is 0.251 e. The lowest BCUT2D eigenvalue weighted by molar-refractivity contribution is 0.414. The summed E-state index contributed by atoms with van der Waals surface area (Å²) in [6.45, 7) is 1.05. The van der Waals surface area contributed by atoms with Crippen LogP contribution in [-0.4, -0.2) is 43.1 Å². The van der Waals surface area contributed by atoms with E-state index in [4.69, 9.17) is 20.8 Å². The number of hydrogen-bond acceptors (Lipinski definition) is 6. The second-order valence-corrected chi connectivity index (χ2v) is 9.42. The maximum absolute atomic E-state index is 13.1. The normalized spacial score (nSPS) is 15.7. The zero-order valence-electron chi connectivity index (χ0n) is 16.5. The Hall–Kier alpha value is -2.42. The number of hydrogen-bond donors (Lipinski definition) is 0. The molecule has 1 aromatic heterocycles. The van der Waals surface area contributed by atoms with E-state index in [-0.39, 0.29) is 16.7 Å². The van der Waals surface area contributed by atoms with Crippen LogP contribution < -0.4 is 4.74 Å². The molecule has 0 saturated carbocycles. The van der Waals surface area contributed by atoms with Crippen LogP contribution in [0.3, 0.4) is 0 Å². The fourth-order valence-corrected chi connectivity index (χ4v) is 5.26. The summed E-state index contributed by atoms with van der Waals surface area (Å²) < 4.78 is 39.0. The fraction of sp³-hybridized carbons (Fsp3) is 0.333. The van der Waals surface area contributed by atoms with Gasteiger partial charge in [-0.25, -0.2) is 8.42 Å². The average molecular weight is 448 g/mol. The SMILES string of the molecule is COc1ccccc1-c1nnc(-c2cc(S(=O)(=O)N3CCCCCC3)ccc2Cl)o1. The van der Waals surface area contributed by atoms with Crippen molar-refractivity contribution >= 4 is 21.6 Å². The van der Waals surface area contributed by atoms with Crippen molar-refractivity contribution in [1.29, 1.82) is 0 Å². The molecule has 0 unspecified atom stereocenters. The van der Waals surface area contributed by atoms with Gasteiger partial charge in [0.15, 0.2) is 0 Å². The molecule has 1 aliphatic rings. The standard InChI is InChI=1S/C21H22ClN3O4S/c1-28-19-9-5-4-8-16(19)20-23-24-21(29-20)17-14-15(10-11-18(17)22)30(26,27)25-12-6-2-3-7-13-25/h4-5,8-11,14H,2-3,6-7,12-13H2,1H3. The highest BCUT2D eigenvalue weighted by atomic mass is 35.5. The van der Waals surface area contributed by atoms with E-state index in [0.29, 0.717) is 35.0 Å². The van der Waals surface area contributed by atoms with Gasteiger partial charge in [-0.05, 0) is 43.2 Å². The van der Waals surface area contributed by atoms with Gasteiger partial charge in [0.2, 0.25) is 15.9 Å². The minimum Gasteiger partial charge on any atom is -0.496 e. The van der Waals surface area contributed by atoms with Gasteiger partial charge in [0, 0.05) is 13.1 Å². The fourth-order valence-electron chi connectivity index (χ4n) is 3.52. The zero-order valence-corrected chi connectivity index (χ0v) is 18.1. The Morgan fingerprint density at radius 1 is 0.967 bits per heavy atom. The molecule has 1 saturated heterocycles. The number of para-hydroxylation sites is 1. The average Bonchev–Trinajstić information content (AvgIpc) is 3.07. The van der Waals surface area contributed by atoms with Crippen LogP contribution >= 0.6 is 11.6 Å². The lowest BCUT2D eigenvalue weighted by Gasteiger charge is -2.20. The molecule has 0 N–H and O–H groups in total. The number of ether oxygens (including phenoxy) is 1. The van der Waals surface area contributed by atoms with Crippen LogP contribution in [0.1, 0.15) is 25.7 Å². The summed E-state index contributed by atoms with van der Waals surface area (Å²) in [7, 11) is -2.06. The quantitative estimate of drug-likeness (QED) is 0.566. The molecule has 9 heteroatoms. The number of aromatic nitrogens is 2. The van der Waals surface area contributed by atoms with Crippen molar-refractivity contribution in [3.8, 4) is 28.7 Å². The lowest BCUT2D eigenvalue weighted by atomic mass is 10.2. The van der Waals surface area contributed by atoms with E-state index in [9.17, 15) is 8.42 Å². The molecule has 2 heterocycles. The Labute approximate surface area is 180 Å². The predicted molar refractivity (Wildman–Crippen MR) is 114 cm³/mol. The molecule has 158 valence electrons. The van der Waals surface area contributed by atoms with Crippen LogP contribution in [-0.2, 0) is 10.0 Å². The van der Waals surface area contributed by atoms with E-state index in [1.165, 1.54) is 12.1 Å². The molecule has 3 aromatic rings. The van der Waals surface area contributed by atoms with Crippen LogP contribution in [0.5, 0.6) is 5.75 Å². The zero-order chi connectivity index (χ0) is 21.1. The van der Waals surface area contributed by atoms with Gasteiger partial charge < -0.3 is 9.15 Å². The number of sulfonamides is 1. The van der Waals surface area contributed by atoms with Crippen molar-refractivity contribution in [3.05, 3.63) is 47.5 Å². The molecule has 0 radical (unpaired) electrons. The molecule has 1 fully saturated rings. The second-order valence-electron chi connectivity index (χ2n) is 7.07. The third-order valence-corrected chi connectivity index (χ3v) is 7.36. The highest BCUT2D eigenvalue weighted by molar-refractivity contribution is 7.89. The molecule has 4 rings (SSSR count). The molecule has 0 bridgehead atoms. The number of methoxy groups -OCH3 is 1. The molecule has 30 heavy (non-hydrogen) atoms. The van der Waals surface area contributed by atoms with Crippen molar-refractivity contribution in [3.63, 3.8) is 0 Å². The summed E-state index contributed by atoms with van der Waals surface area (Å²) in [5.41, 5.74) is 1.02. The Balaban J connectivity index is 1.70. The second kappa shape index (κ2) is 8.75. The summed E-state index contributed by atoms with van der Waals surface area (Å²) in [6, 6.07) is 11.8. The minimum absolute atomic E-state index is 0.147. The number of halogens is 1. The van der Waals surface area contributed by atoms with E-state index in [0.717, 1.165) is 25.7 Å². The molecule has 0 amide bonds. The van der Waals surface area contributed by atoms with Crippen LogP contribution in [0.15, 0.2) is 51.8 Å². The maximum atomic E-state index is 13.1. The van der Waals surface area contributed by atoms with Crippen LogP contribution in [0.4, 0.5) is 0 Å². The highest BCUT2D eigenvalue weighted by Crippen LogP contribution is 2.34. The van der Waals surface area contributed by atoms with Crippen molar-refractivity contribution in [1.82, 2.24) is 14.5 Å². The van der Waals surface area contributed by atoms with E-state index in [2.05, 4.69) is 10.2 Å². The summed E-state index contributed by atoms with van der Waals surface area (Å²) in [6.07, 6.45) is 3.83. The van der Waals surface area contributed by atoms with Crippen molar-refractivity contribution < 1.29 is 17.6 Å². The topological polar surface area (TPSA) is 85.5 Å². The van der Waals surface area contributed by atoms with Crippen LogP contribution in [0, 0.1) is 0 Å². The molecule has 0 atom stereocenters. The summed E-state index contributed by atoms with van der Waals surface area (Å²) in [5.74, 6) is 1.00. The number of benzene rings is 2. The van der Waals surface area contributed by atoms with Gasteiger partial charge in [0.05, 0.1) is 28.2 Å². The van der Waals surface area contributed by atoms with E-state index in [1.807, 2.05) is 12.1 Å². The van der Waals surface area contributed by atoms with E-state index < -0.39 is 10.0 Å². The third-order valence-electron chi connectivity index (χ3n) is 5.13. The summed E-state index contributed by atoms with van der Waals surface area (Å²) in [5, 5.41) is 8.51. The number of nitrogens with zero attached hydrogens (tertiary/aromatic N) is 3. The highest BCUT2D eigenvalue weighted by Gasteiger charge is 2.27. The molecule has 0 spiro atoms. The van der Waals surface area contributed by atoms with Gasteiger partial charge >= 0.3 is 0 Å².